The molecule has 0 bridgehead atoms. The molecule has 134 valence electrons. The van der Waals surface area contributed by atoms with Gasteiger partial charge in [-0.05, 0) is 26.2 Å². The van der Waals surface area contributed by atoms with E-state index in [1.165, 1.54) is 0 Å². The summed E-state index contributed by atoms with van der Waals surface area (Å²) in [6.45, 7) is 9.48. The second-order valence-corrected chi connectivity index (χ2v) is 6.93. The summed E-state index contributed by atoms with van der Waals surface area (Å²) in [5.41, 5.74) is 1.21. The molecule has 2 aliphatic heterocycles. The lowest BCUT2D eigenvalue weighted by Crippen LogP contribution is -2.59. The van der Waals surface area contributed by atoms with E-state index in [2.05, 4.69) is 22.2 Å². The van der Waals surface area contributed by atoms with Crippen LogP contribution < -0.4 is 5.32 Å². The predicted octanol–water partition coefficient (Wildman–Crippen LogP) is 1.84. The van der Waals surface area contributed by atoms with E-state index in [4.69, 9.17) is 4.74 Å². The lowest BCUT2D eigenvalue weighted by molar-refractivity contribution is -0.0449. The Bertz CT molecular complexity index is 572. The van der Waals surface area contributed by atoms with Crippen LogP contribution >= 0.6 is 0 Å². The van der Waals surface area contributed by atoms with E-state index in [1.54, 1.807) is 4.68 Å². The number of hydrogen-bond donors (Lipinski definition) is 1. The summed E-state index contributed by atoms with van der Waals surface area (Å²) in [6.07, 6.45) is 5.09. The van der Waals surface area contributed by atoms with Crippen LogP contribution in [0.4, 0.5) is 10.6 Å². The summed E-state index contributed by atoms with van der Waals surface area (Å²) in [7, 11) is 1.86. The molecule has 0 saturated carbocycles. The van der Waals surface area contributed by atoms with Crippen molar-refractivity contribution in [3.63, 3.8) is 0 Å². The minimum absolute atomic E-state index is 0.0384. The van der Waals surface area contributed by atoms with Crippen molar-refractivity contribution in [1.82, 2.24) is 19.6 Å². The Labute approximate surface area is 143 Å². The maximum atomic E-state index is 12.5. The van der Waals surface area contributed by atoms with Crippen LogP contribution in [0.15, 0.2) is 6.20 Å². The Morgan fingerprint density at radius 2 is 1.96 bits per heavy atom. The highest BCUT2D eigenvalue weighted by molar-refractivity contribution is 5.89. The highest BCUT2D eigenvalue weighted by Gasteiger charge is 2.39. The van der Waals surface area contributed by atoms with Crippen LogP contribution in [-0.4, -0.2) is 70.5 Å². The van der Waals surface area contributed by atoms with Crippen LogP contribution in [0.1, 0.15) is 31.7 Å². The topological polar surface area (TPSA) is 62.6 Å². The Kier molecular flexibility index (Phi) is 5.10. The molecule has 0 aromatic carbocycles. The molecule has 24 heavy (non-hydrogen) atoms. The molecule has 2 fully saturated rings. The highest BCUT2D eigenvalue weighted by atomic mass is 16.5. The van der Waals surface area contributed by atoms with Gasteiger partial charge in [0.2, 0.25) is 0 Å². The molecule has 2 aliphatic rings. The number of nitrogens with zero attached hydrogens (tertiary/aromatic N) is 4. The van der Waals surface area contributed by atoms with E-state index in [-0.39, 0.29) is 11.6 Å². The zero-order chi connectivity index (χ0) is 17.2. The van der Waals surface area contributed by atoms with Crippen LogP contribution in [0.5, 0.6) is 0 Å². The summed E-state index contributed by atoms with van der Waals surface area (Å²) >= 11 is 0. The van der Waals surface area contributed by atoms with E-state index < -0.39 is 0 Å². The summed E-state index contributed by atoms with van der Waals surface area (Å²) in [4.78, 5) is 17.0. The van der Waals surface area contributed by atoms with Crippen molar-refractivity contribution in [2.45, 2.75) is 38.6 Å². The van der Waals surface area contributed by atoms with Gasteiger partial charge in [0.25, 0.3) is 0 Å². The average molecular weight is 335 g/mol. The third-order valence-corrected chi connectivity index (χ3v) is 5.56. The number of urea groups is 1. The van der Waals surface area contributed by atoms with Crippen LogP contribution in [0.2, 0.25) is 0 Å². The summed E-state index contributed by atoms with van der Waals surface area (Å²) < 4.78 is 7.22. The quantitative estimate of drug-likeness (QED) is 0.915. The van der Waals surface area contributed by atoms with Crippen molar-refractivity contribution < 1.29 is 9.53 Å². The number of amides is 2. The first kappa shape index (κ1) is 17.2. The summed E-state index contributed by atoms with van der Waals surface area (Å²) in [5, 5.41) is 7.25. The number of ether oxygens (including phenoxy) is 1. The maximum Gasteiger partial charge on any atom is 0.323 e. The number of carbonyl (C=O) groups is 1. The van der Waals surface area contributed by atoms with Crippen molar-refractivity contribution in [3.8, 4) is 0 Å². The van der Waals surface area contributed by atoms with Gasteiger partial charge in [0.1, 0.15) is 0 Å². The first-order chi connectivity index (χ1) is 11.5. The number of anilines is 1. The standard InChI is InChI=1S/C17H29N5O2/c1-4-17(22-9-11-24-12-10-22)5-7-21(8-6-17)16(23)18-15-14(2)13-20(3)19-15/h13H,4-12H2,1-3H3,(H,18,19,23). The maximum absolute atomic E-state index is 12.5. The third kappa shape index (κ3) is 3.42. The minimum atomic E-state index is -0.0384. The van der Waals surface area contributed by atoms with Crippen molar-refractivity contribution >= 4 is 11.8 Å². The van der Waals surface area contributed by atoms with Crippen molar-refractivity contribution in [2.24, 2.45) is 7.05 Å². The molecule has 1 aromatic heterocycles. The number of hydrogen-bond acceptors (Lipinski definition) is 4. The Morgan fingerprint density at radius 3 is 2.50 bits per heavy atom. The normalized spacial score (nSPS) is 21.7. The molecule has 1 aromatic rings. The van der Waals surface area contributed by atoms with Crippen molar-refractivity contribution in [1.29, 1.82) is 0 Å². The summed E-state index contributed by atoms with van der Waals surface area (Å²) in [6, 6.07) is -0.0384. The number of rotatable bonds is 3. The van der Waals surface area contributed by atoms with E-state index in [1.807, 2.05) is 25.1 Å². The third-order valence-electron chi connectivity index (χ3n) is 5.56. The van der Waals surface area contributed by atoms with Crippen LogP contribution in [0.25, 0.3) is 0 Å². The lowest BCUT2D eigenvalue weighted by Gasteiger charge is -2.49. The molecule has 0 radical (unpaired) electrons. The van der Waals surface area contributed by atoms with Gasteiger partial charge in [-0.1, -0.05) is 6.92 Å². The number of aryl methyl sites for hydroxylation is 2. The molecule has 7 nitrogen and oxygen atoms in total. The fraction of sp³-hybridized carbons (Fsp3) is 0.765. The first-order valence-corrected chi connectivity index (χ1v) is 8.93. The molecule has 3 heterocycles. The van der Waals surface area contributed by atoms with Gasteiger partial charge in [-0.15, -0.1) is 0 Å². The van der Waals surface area contributed by atoms with Gasteiger partial charge in [-0.25, -0.2) is 4.79 Å². The fourth-order valence-corrected chi connectivity index (χ4v) is 3.97. The van der Waals surface area contributed by atoms with Gasteiger partial charge in [0.15, 0.2) is 5.82 Å². The van der Waals surface area contributed by atoms with Gasteiger partial charge in [-0.2, -0.15) is 5.10 Å². The van der Waals surface area contributed by atoms with E-state index in [9.17, 15) is 4.79 Å². The molecule has 0 atom stereocenters. The highest BCUT2D eigenvalue weighted by Crippen LogP contribution is 2.33. The van der Waals surface area contributed by atoms with Gasteiger partial charge in [-0.3, -0.25) is 14.9 Å². The fourth-order valence-electron chi connectivity index (χ4n) is 3.97. The van der Waals surface area contributed by atoms with E-state index in [0.29, 0.717) is 5.82 Å². The Balaban J connectivity index is 1.59. The zero-order valence-corrected chi connectivity index (χ0v) is 15.0. The summed E-state index contributed by atoms with van der Waals surface area (Å²) in [5.74, 6) is 0.656. The number of morpholine rings is 1. The number of likely N-dealkylation sites (tertiary alicyclic amines) is 1. The van der Waals surface area contributed by atoms with Gasteiger partial charge >= 0.3 is 6.03 Å². The second-order valence-electron chi connectivity index (χ2n) is 6.93. The first-order valence-electron chi connectivity index (χ1n) is 8.93. The average Bonchev–Trinajstić information content (AvgIpc) is 2.93. The minimum Gasteiger partial charge on any atom is -0.379 e. The van der Waals surface area contributed by atoms with Crippen LogP contribution in [-0.2, 0) is 11.8 Å². The molecular weight excluding hydrogens is 306 g/mol. The monoisotopic (exact) mass is 335 g/mol. The van der Waals surface area contributed by atoms with Crippen molar-refractivity contribution in [2.75, 3.05) is 44.7 Å². The Hall–Kier alpha value is -1.60. The second kappa shape index (κ2) is 7.11. The number of aromatic nitrogens is 2. The molecule has 0 spiro atoms. The molecule has 2 saturated heterocycles. The SMILES string of the molecule is CCC1(N2CCOCC2)CCN(C(=O)Nc2nn(C)cc2C)CC1. The predicted molar refractivity (Wildman–Crippen MR) is 93.2 cm³/mol. The smallest absolute Gasteiger partial charge is 0.323 e. The van der Waals surface area contributed by atoms with Crippen LogP contribution in [0, 0.1) is 6.92 Å². The molecule has 7 heteroatoms. The Morgan fingerprint density at radius 1 is 1.29 bits per heavy atom. The molecule has 2 amide bonds. The number of piperidine rings is 1. The van der Waals surface area contributed by atoms with Gasteiger partial charge < -0.3 is 9.64 Å². The molecule has 1 N–H and O–H groups in total. The zero-order valence-electron chi connectivity index (χ0n) is 15.0. The molecular formula is C17H29N5O2. The lowest BCUT2D eigenvalue weighted by atomic mass is 9.83. The molecule has 0 aliphatic carbocycles. The van der Waals surface area contributed by atoms with Crippen LogP contribution in [0.3, 0.4) is 0 Å². The number of carbonyl (C=O) groups excluding carboxylic acids is 1. The largest absolute Gasteiger partial charge is 0.379 e. The van der Waals surface area contributed by atoms with Gasteiger partial charge in [0, 0.05) is 50.5 Å². The van der Waals surface area contributed by atoms with E-state index >= 15 is 0 Å². The molecule has 3 rings (SSSR count). The van der Waals surface area contributed by atoms with E-state index in [0.717, 1.165) is 64.2 Å². The van der Waals surface area contributed by atoms with Gasteiger partial charge in [0.05, 0.1) is 13.2 Å². The molecule has 0 unspecified atom stereocenters. The number of nitrogens with one attached hydrogen (secondary N) is 1. The van der Waals surface area contributed by atoms with Crippen molar-refractivity contribution in [3.05, 3.63) is 11.8 Å².